The molecule has 3 rings (SSSR count). The molecule has 1 aliphatic rings. The molecule has 1 atom stereocenters. The summed E-state index contributed by atoms with van der Waals surface area (Å²) in [5.41, 5.74) is 3.40. The van der Waals surface area contributed by atoms with Gasteiger partial charge in [-0.1, -0.05) is 54.6 Å². The van der Waals surface area contributed by atoms with Crippen LogP contribution in [-0.4, -0.2) is 17.7 Å². The highest BCUT2D eigenvalue weighted by Crippen LogP contribution is 2.34. The molecule has 20 heavy (non-hydrogen) atoms. The first kappa shape index (κ1) is 13.1. The number of carbonyl (C=O) groups is 1. The van der Waals surface area contributed by atoms with Crippen molar-refractivity contribution in [2.45, 2.75) is 25.4 Å². The molecular weight excluding hydrogens is 246 g/mol. The minimum absolute atomic E-state index is 0.282. The van der Waals surface area contributed by atoms with Gasteiger partial charge < -0.3 is 0 Å². The van der Waals surface area contributed by atoms with Gasteiger partial charge in [-0.15, -0.1) is 0 Å². The molecule has 102 valence electrons. The number of fused-ring (bicyclic) bond motifs is 1. The SMILES string of the molecule is CN(Cc1ccccc1)C1CCC(=O)c2ccccc21. The molecular formula is C18H19NO. The van der Waals surface area contributed by atoms with E-state index in [1.807, 2.05) is 24.3 Å². The average molecular weight is 265 g/mol. The molecule has 2 heteroatoms. The van der Waals surface area contributed by atoms with Gasteiger partial charge in [-0.3, -0.25) is 9.69 Å². The highest BCUT2D eigenvalue weighted by atomic mass is 16.1. The van der Waals surface area contributed by atoms with E-state index in [4.69, 9.17) is 0 Å². The maximum Gasteiger partial charge on any atom is 0.163 e. The number of ketones is 1. The van der Waals surface area contributed by atoms with Crippen LogP contribution in [0.25, 0.3) is 0 Å². The Morgan fingerprint density at radius 1 is 1.05 bits per heavy atom. The molecule has 0 heterocycles. The van der Waals surface area contributed by atoms with Crippen molar-refractivity contribution < 1.29 is 4.79 Å². The van der Waals surface area contributed by atoms with Crippen molar-refractivity contribution in [3.63, 3.8) is 0 Å². The van der Waals surface area contributed by atoms with Gasteiger partial charge in [0.1, 0.15) is 0 Å². The van der Waals surface area contributed by atoms with Crippen LogP contribution in [0.5, 0.6) is 0 Å². The monoisotopic (exact) mass is 265 g/mol. The van der Waals surface area contributed by atoms with Gasteiger partial charge in [-0.2, -0.15) is 0 Å². The Morgan fingerprint density at radius 3 is 2.55 bits per heavy atom. The third kappa shape index (κ3) is 2.52. The molecule has 0 aliphatic heterocycles. The molecule has 0 bridgehead atoms. The predicted molar refractivity (Wildman–Crippen MR) is 80.7 cm³/mol. The van der Waals surface area contributed by atoms with Crippen LogP contribution < -0.4 is 0 Å². The van der Waals surface area contributed by atoms with E-state index in [1.54, 1.807) is 0 Å². The first-order chi connectivity index (χ1) is 9.75. The number of carbonyl (C=O) groups excluding carboxylic acids is 1. The summed E-state index contributed by atoms with van der Waals surface area (Å²) in [5, 5.41) is 0. The number of hydrogen-bond donors (Lipinski definition) is 0. The Kier molecular flexibility index (Phi) is 3.66. The molecule has 2 aromatic rings. The maximum atomic E-state index is 12.0. The molecule has 1 unspecified atom stereocenters. The minimum atomic E-state index is 0.282. The quantitative estimate of drug-likeness (QED) is 0.840. The van der Waals surface area contributed by atoms with E-state index in [0.717, 1.165) is 18.5 Å². The van der Waals surface area contributed by atoms with Crippen LogP contribution in [0.1, 0.15) is 40.4 Å². The summed E-state index contributed by atoms with van der Waals surface area (Å²) in [4.78, 5) is 14.3. The summed E-state index contributed by atoms with van der Waals surface area (Å²) < 4.78 is 0. The van der Waals surface area contributed by atoms with Gasteiger partial charge in [0.05, 0.1) is 0 Å². The molecule has 0 amide bonds. The smallest absolute Gasteiger partial charge is 0.163 e. The fourth-order valence-electron chi connectivity index (χ4n) is 3.04. The van der Waals surface area contributed by atoms with E-state index in [-0.39, 0.29) is 5.78 Å². The molecule has 0 fully saturated rings. The normalized spacial score (nSPS) is 18.1. The average Bonchev–Trinajstić information content (AvgIpc) is 2.49. The van der Waals surface area contributed by atoms with Crippen LogP contribution in [0, 0.1) is 0 Å². The molecule has 0 spiro atoms. The lowest BCUT2D eigenvalue weighted by atomic mass is 9.86. The van der Waals surface area contributed by atoms with Crippen molar-refractivity contribution in [1.29, 1.82) is 0 Å². The number of benzene rings is 2. The Balaban J connectivity index is 1.84. The fraction of sp³-hybridized carbons (Fsp3) is 0.278. The summed E-state index contributed by atoms with van der Waals surface area (Å²) in [6.45, 7) is 0.911. The fourth-order valence-corrected chi connectivity index (χ4v) is 3.04. The zero-order valence-electron chi connectivity index (χ0n) is 11.8. The van der Waals surface area contributed by atoms with Gasteiger partial charge in [0, 0.05) is 24.6 Å². The molecule has 1 aliphatic carbocycles. The number of hydrogen-bond acceptors (Lipinski definition) is 2. The van der Waals surface area contributed by atoms with Gasteiger partial charge in [0.2, 0.25) is 0 Å². The largest absolute Gasteiger partial charge is 0.295 e. The van der Waals surface area contributed by atoms with Crippen molar-refractivity contribution in [3.05, 3.63) is 71.3 Å². The van der Waals surface area contributed by atoms with Crippen molar-refractivity contribution in [3.8, 4) is 0 Å². The van der Waals surface area contributed by atoms with Gasteiger partial charge in [-0.05, 0) is 24.6 Å². The van der Waals surface area contributed by atoms with Gasteiger partial charge in [0.25, 0.3) is 0 Å². The molecule has 0 aromatic heterocycles. The number of nitrogens with zero attached hydrogens (tertiary/aromatic N) is 1. The lowest BCUT2D eigenvalue weighted by molar-refractivity contribution is 0.0939. The van der Waals surface area contributed by atoms with Gasteiger partial charge in [-0.25, -0.2) is 0 Å². The Labute approximate surface area is 120 Å². The van der Waals surface area contributed by atoms with E-state index in [0.29, 0.717) is 12.5 Å². The standard InChI is InChI=1S/C18H19NO/c1-19(13-14-7-3-2-4-8-14)17-11-12-18(20)16-10-6-5-9-15(16)17/h2-10,17H,11-13H2,1H3. The molecule has 0 saturated carbocycles. The van der Waals surface area contributed by atoms with E-state index in [9.17, 15) is 4.79 Å². The van der Waals surface area contributed by atoms with E-state index >= 15 is 0 Å². The van der Waals surface area contributed by atoms with Crippen LogP contribution in [0.15, 0.2) is 54.6 Å². The van der Waals surface area contributed by atoms with E-state index in [2.05, 4.69) is 42.3 Å². The third-order valence-electron chi connectivity index (χ3n) is 4.07. The Morgan fingerprint density at radius 2 is 1.75 bits per heavy atom. The lowest BCUT2D eigenvalue weighted by Gasteiger charge is -2.32. The summed E-state index contributed by atoms with van der Waals surface area (Å²) in [7, 11) is 2.14. The van der Waals surface area contributed by atoms with Crippen molar-refractivity contribution in [2.24, 2.45) is 0 Å². The van der Waals surface area contributed by atoms with Crippen LogP contribution in [0.2, 0.25) is 0 Å². The number of rotatable bonds is 3. The van der Waals surface area contributed by atoms with E-state index < -0.39 is 0 Å². The molecule has 2 aromatic carbocycles. The molecule has 2 nitrogen and oxygen atoms in total. The van der Waals surface area contributed by atoms with Crippen LogP contribution in [0.4, 0.5) is 0 Å². The molecule has 0 radical (unpaired) electrons. The predicted octanol–water partition coefficient (Wildman–Crippen LogP) is 3.84. The Hall–Kier alpha value is -1.93. The summed E-state index contributed by atoms with van der Waals surface area (Å²) in [5.74, 6) is 0.282. The Bertz CT molecular complexity index is 606. The molecule has 0 N–H and O–H groups in total. The van der Waals surface area contributed by atoms with Gasteiger partial charge >= 0.3 is 0 Å². The van der Waals surface area contributed by atoms with Crippen LogP contribution in [-0.2, 0) is 6.54 Å². The highest BCUT2D eigenvalue weighted by Gasteiger charge is 2.27. The first-order valence-electron chi connectivity index (χ1n) is 7.12. The van der Waals surface area contributed by atoms with Gasteiger partial charge in [0.15, 0.2) is 5.78 Å². The van der Waals surface area contributed by atoms with Crippen molar-refractivity contribution in [1.82, 2.24) is 4.90 Å². The summed E-state index contributed by atoms with van der Waals surface area (Å²) in [6, 6.07) is 18.9. The maximum absolute atomic E-state index is 12.0. The van der Waals surface area contributed by atoms with E-state index in [1.165, 1.54) is 11.1 Å². The zero-order chi connectivity index (χ0) is 13.9. The second kappa shape index (κ2) is 5.59. The second-order valence-corrected chi connectivity index (χ2v) is 5.47. The van der Waals surface area contributed by atoms with Crippen LogP contribution >= 0.6 is 0 Å². The second-order valence-electron chi connectivity index (χ2n) is 5.47. The van der Waals surface area contributed by atoms with Crippen LogP contribution in [0.3, 0.4) is 0 Å². The van der Waals surface area contributed by atoms with Crippen molar-refractivity contribution >= 4 is 5.78 Å². The highest BCUT2D eigenvalue weighted by molar-refractivity contribution is 5.98. The summed E-state index contributed by atoms with van der Waals surface area (Å²) >= 11 is 0. The lowest BCUT2D eigenvalue weighted by Crippen LogP contribution is -2.29. The molecule has 0 saturated heterocycles. The zero-order valence-corrected chi connectivity index (χ0v) is 11.8. The first-order valence-corrected chi connectivity index (χ1v) is 7.12. The topological polar surface area (TPSA) is 20.3 Å². The number of Topliss-reactive ketones (excluding diaryl/α,β-unsaturated/α-hetero) is 1. The summed E-state index contributed by atoms with van der Waals surface area (Å²) in [6.07, 6.45) is 1.57. The van der Waals surface area contributed by atoms with Crippen molar-refractivity contribution in [2.75, 3.05) is 7.05 Å². The minimum Gasteiger partial charge on any atom is -0.295 e. The third-order valence-corrected chi connectivity index (χ3v) is 4.07.